The Kier molecular flexibility index (Phi) is 4.00. The maximum Gasteiger partial charge on any atom is 0.144 e. The second-order valence-corrected chi connectivity index (χ2v) is 6.02. The van der Waals surface area contributed by atoms with Gasteiger partial charge in [0.15, 0.2) is 0 Å². The fourth-order valence-corrected chi connectivity index (χ4v) is 2.96. The zero-order valence-electron chi connectivity index (χ0n) is 13.6. The van der Waals surface area contributed by atoms with Gasteiger partial charge in [0.2, 0.25) is 0 Å². The van der Waals surface area contributed by atoms with Gasteiger partial charge in [0, 0.05) is 25.5 Å². The highest BCUT2D eigenvalue weighted by Crippen LogP contribution is 2.18. The number of rotatable bonds is 5. The molecular weight excluding hydrogens is 304 g/mol. The Morgan fingerprint density at radius 3 is 3.00 bits per heavy atom. The highest BCUT2D eigenvalue weighted by atomic mass is 16.3. The number of hydrogen-bond acceptors (Lipinski definition) is 6. The van der Waals surface area contributed by atoms with Gasteiger partial charge in [-0.2, -0.15) is 5.10 Å². The molecular formula is C17H20N6O. The Hall–Kier alpha value is -2.67. The van der Waals surface area contributed by atoms with E-state index in [1.807, 2.05) is 13.0 Å². The van der Waals surface area contributed by atoms with Gasteiger partial charge in [0.25, 0.3) is 0 Å². The van der Waals surface area contributed by atoms with Crippen molar-refractivity contribution >= 4 is 5.82 Å². The lowest BCUT2D eigenvalue weighted by Crippen LogP contribution is -2.33. The molecule has 124 valence electrons. The van der Waals surface area contributed by atoms with E-state index in [-0.39, 0.29) is 0 Å². The standard InChI is InChI=1S/C17H20N6O/c1-13-2-3-16(24-13)12-22-6-7-23-15(11-22)8-14(21-23)9-20-17-10-18-4-5-19-17/h2-5,8,10H,6-7,9,11-12H2,1H3,(H,19,20). The van der Waals surface area contributed by atoms with Gasteiger partial charge in [-0.25, -0.2) is 4.98 Å². The minimum Gasteiger partial charge on any atom is -0.465 e. The third-order valence-electron chi connectivity index (χ3n) is 4.12. The van der Waals surface area contributed by atoms with E-state index in [0.29, 0.717) is 6.54 Å². The first kappa shape index (κ1) is 14.9. The molecule has 0 saturated carbocycles. The van der Waals surface area contributed by atoms with Gasteiger partial charge in [-0.05, 0) is 25.1 Å². The Morgan fingerprint density at radius 2 is 2.21 bits per heavy atom. The molecule has 1 aliphatic heterocycles. The number of hydrogen-bond donors (Lipinski definition) is 1. The number of anilines is 1. The van der Waals surface area contributed by atoms with Crippen molar-refractivity contribution in [1.29, 1.82) is 0 Å². The van der Waals surface area contributed by atoms with E-state index in [1.54, 1.807) is 18.6 Å². The van der Waals surface area contributed by atoms with Crippen molar-refractivity contribution in [1.82, 2.24) is 24.6 Å². The second kappa shape index (κ2) is 6.45. The molecule has 0 bridgehead atoms. The van der Waals surface area contributed by atoms with Crippen LogP contribution in [0.1, 0.15) is 22.9 Å². The summed E-state index contributed by atoms with van der Waals surface area (Å²) in [7, 11) is 0. The maximum absolute atomic E-state index is 5.68. The van der Waals surface area contributed by atoms with Gasteiger partial charge in [-0.3, -0.25) is 14.6 Å². The summed E-state index contributed by atoms with van der Waals surface area (Å²) in [6, 6.07) is 6.22. The molecule has 0 radical (unpaired) electrons. The summed E-state index contributed by atoms with van der Waals surface area (Å²) < 4.78 is 7.77. The third-order valence-corrected chi connectivity index (χ3v) is 4.12. The minimum atomic E-state index is 0.649. The third kappa shape index (κ3) is 3.30. The van der Waals surface area contributed by atoms with Crippen LogP contribution in [0.25, 0.3) is 0 Å². The van der Waals surface area contributed by atoms with Crippen LogP contribution in [0.3, 0.4) is 0 Å². The zero-order valence-corrected chi connectivity index (χ0v) is 13.6. The molecule has 0 aliphatic carbocycles. The lowest BCUT2D eigenvalue weighted by Gasteiger charge is -2.26. The molecule has 3 aromatic heterocycles. The Labute approximate surface area is 140 Å². The van der Waals surface area contributed by atoms with E-state index in [9.17, 15) is 0 Å². The molecule has 0 aromatic carbocycles. The average molecular weight is 324 g/mol. The molecule has 0 atom stereocenters. The smallest absolute Gasteiger partial charge is 0.144 e. The Balaban J connectivity index is 1.38. The normalized spacial score (nSPS) is 14.5. The highest BCUT2D eigenvalue weighted by molar-refractivity contribution is 5.31. The van der Waals surface area contributed by atoms with Gasteiger partial charge in [-0.15, -0.1) is 0 Å². The first-order valence-electron chi connectivity index (χ1n) is 8.09. The van der Waals surface area contributed by atoms with Crippen molar-refractivity contribution in [3.05, 3.63) is 59.7 Å². The predicted octanol–water partition coefficient (Wildman–Crippen LogP) is 2.20. The zero-order chi connectivity index (χ0) is 16.4. The summed E-state index contributed by atoms with van der Waals surface area (Å²) in [5, 5.41) is 7.91. The van der Waals surface area contributed by atoms with Gasteiger partial charge in [0.05, 0.1) is 37.2 Å². The first-order chi connectivity index (χ1) is 11.8. The minimum absolute atomic E-state index is 0.649. The van der Waals surface area contributed by atoms with Crippen molar-refractivity contribution < 1.29 is 4.42 Å². The quantitative estimate of drug-likeness (QED) is 0.776. The summed E-state index contributed by atoms with van der Waals surface area (Å²) in [5.74, 6) is 2.74. The number of nitrogens with one attached hydrogen (secondary N) is 1. The van der Waals surface area contributed by atoms with Crippen LogP contribution in [0, 0.1) is 6.92 Å². The molecule has 4 rings (SSSR count). The summed E-state index contributed by atoms with van der Waals surface area (Å²) in [4.78, 5) is 10.6. The largest absolute Gasteiger partial charge is 0.465 e. The molecule has 0 saturated heterocycles. The van der Waals surface area contributed by atoms with E-state index >= 15 is 0 Å². The lowest BCUT2D eigenvalue weighted by atomic mass is 10.2. The molecule has 0 unspecified atom stereocenters. The fraction of sp³-hybridized carbons (Fsp3) is 0.353. The van der Waals surface area contributed by atoms with Crippen LogP contribution in [0.2, 0.25) is 0 Å². The van der Waals surface area contributed by atoms with E-state index in [0.717, 1.165) is 49.2 Å². The van der Waals surface area contributed by atoms with Crippen LogP contribution < -0.4 is 5.32 Å². The highest BCUT2D eigenvalue weighted by Gasteiger charge is 2.19. The van der Waals surface area contributed by atoms with Crippen molar-refractivity contribution in [2.75, 3.05) is 11.9 Å². The van der Waals surface area contributed by atoms with Crippen LogP contribution in [0.4, 0.5) is 5.82 Å². The van der Waals surface area contributed by atoms with Crippen molar-refractivity contribution in [2.24, 2.45) is 0 Å². The van der Waals surface area contributed by atoms with Crippen molar-refractivity contribution in [3.8, 4) is 0 Å². The topological polar surface area (TPSA) is 72.0 Å². The van der Waals surface area contributed by atoms with Gasteiger partial charge < -0.3 is 9.73 Å². The number of aryl methyl sites for hydroxylation is 1. The molecule has 7 heteroatoms. The monoisotopic (exact) mass is 324 g/mol. The predicted molar refractivity (Wildman–Crippen MR) is 89.1 cm³/mol. The molecule has 0 spiro atoms. The van der Waals surface area contributed by atoms with E-state index in [2.05, 4.69) is 42.1 Å². The summed E-state index contributed by atoms with van der Waals surface area (Å²) in [6.07, 6.45) is 5.05. The van der Waals surface area contributed by atoms with Gasteiger partial charge in [-0.1, -0.05) is 0 Å². The van der Waals surface area contributed by atoms with Crippen LogP contribution >= 0.6 is 0 Å². The molecule has 1 N–H and O–H groups in total. The first-order valence-corrected chi connectivity index (χ1v) is 8.09. The summed E-state index contributed by atoms with van der Waals surface area (Å²) >= 11 is 0. The van der Waals surface area contributed by atoms with Crippen LogP contribution in [0.5, 0.6) is 0 Å². The van der Waals surface area contributed by atoms with Crippen LogP contribution in [-0.4, -0.2) is 31.2 Å². The van der Waals surface area contributed by atoms with Crippen molar-refractivity contribution in [2.45, 2.75) is 33.1 Å². The average Bonchev–Trinajstić information content (AvgIpc) is 3.19. The van der Waals surface area contributed by atoms with E-state index in [1.165, 1.54) is 5.69 Å². The Bertz CT molecular complexity index is 810. The molecule has 0 fully saturated rings. The number of fused-ring (bicyclic) bond motifs is 1. The van der Waals surface area contributed by atoms with Crippen molar-refractivity contribution in [3.63, 3.8) is 0 Å². The molecule has 24 heavy (non-hydrogen) atoms. The molecule has 7 nitrogen and oxygen atoms in total. The molecule has 0 amide bonds. The summed E-state index contributed by atoms with van der Waals surface area (Å²) in [5.41, 5.74) is 2.26. The van der Waals surface area contributed by atoms with Crippen LogP contribution in [-0.2, 0) is 26.2 Å². The van der Waals surface area contributed by atoms with E-state index < -0.39 is 0 Å². The second-order valence-electron chi connectivity index (χ2n) is 6.02. The lowest BCUT2D eigenvalue weighted by molar-refractivity contribution is 0.190. The molecule has 4 heterocycles. The number of furan rings is 1. The van der Waals surface area contributed by atoms with Crippen LogP contribution in [0.15, 0.2) is 41.2 Å². The molecule has 1 aliphatic rings. The number of aromatic nitrogens is 4. The Morgan fingerprint density at radius 1 is 1.25 bits per heavy atom. The van der Waals surface area contributed by atoms with E-state index in [4.69, 9.17) is 4.42 Å². The number of nitrogens with zero attached hydrogens (tertiary/aromatic N) is 5. The van der Waals surface area contributed by atoms with Gasteiger partial charge >= 0.3 is 0 Å². The summed E-state index contributed by atoms with van der Waals surface area (Å²) in [6.45, 7) is 6.23. The van der Waals surface area contributed by atoms with Gasteiger partial charge in [0.1, 0.15) is 17.3 Å². The maximum atomic E-state index is 5.68. The molecule has 3 aromatic rings. The SMILES string of the molecule is Cc1ccc(CN2CCn3nc(CNc4cnccn4)cc3C2)o1. The fourth-order valence-electron chi connectivity index (χ4n) is 2.96.